The van der Waals surface area contributed by atoms with Gasteiger partial charge in [-0.25, -0.2) is 4.90 Å². The Labute approximate surface area is 133 Å². The number of hydrogen-bond acceptors (Lipinski definition) is 4. The van der Waals surface area contributed by atoms with Crippen molar-refractivity contribution in [3.05, 3.63) is 0 Å². The summed E-state index contributed by atoms with van der Waals surface area (Å²) in [5.41, 5.74) is -1.11. The molecule has 2 atom stereocenters. The topological polar surface area (TPSA) is 63.7 Å². The van der Waals surface area contributed by atoms with Crippen LogP contribution in [0, 0.1) is 16.2 Å². The Morgan fingerprint density at radius 2 is 1.64 bits per heavy atom. The van der Waals surface area contributed by atoms with E-state index in [0.717, 1.165) is 4.90 Å². The Morgan fingerprint density at radius 1 is 1.14 bits per heavy atom. The zero-order chi connectivity index (χ0) is 17.5. The van der Waals surface area contributed by atoms with Gasteiger partial charge in [0.05, 0.1) is 11.8 Å². The van der Waals surface area contributed by atoms with Crippen LogP contribution in [0.5, 0.6) is 0 Å². The monoisotopic (exact) mass is 311 g/mol. The molecule has 1 saturated heterocycles. The van der Waals surface area contributed by atoms with Gasteiger partial charge < -0.3 is 4.74 Å². The molecule has 0 radical (unpaired) electrons. The summed E-state index contributed by atoms with van der Waals surface area (Å²) in [4.78, 5) is 37.3. The van der Waals surface area contributed by atoms with E-state index in [-0.39, 0.29) is 29.1 Å². The smallest absolute Gasteiger partial charge is 0.304 e. The van der Waals surface area contributed by atoms with Gasteiger partial charge in [-0.1, -0.05) is 48.5 Å². The average Bonchev–Trinajstić information content (AvgIpc) is 2.23. The van der Waals surface area contributed by atoms with Gasteiger partial charge in [0.25, 0.3) is 0 Å². The fourth-order valence-corrected chi connectivity index (χ4v) is 2.91. The van der Waals surface area contributed by atoms with Crippen LogP contribution in [0.1, 0.15) is 68.2 Å². The number of carbonyl (C=O) groups excluding carboxylic acids is 3. The van der Waals surface area contributed by atoms with Crippen molar-refractivity contribution in [1.82, 2.24) is 4.90 Å². The summed E-state index contributed by atoms with van der Waals surface area (Å²) in [6, 6.07) is 0. The van der Waals surface area contributed by atoms with Crippen LogP contribution in [0.25, 0.3) is 0 Å². The molecule has 1 fully saturated rings. The highest BCUT2D eigenvalue weighted by Gasteiger charge is 2.54. The molecule has 0 aromatic rings. The molecular formula is C17H29NO4. The fourth-order valence-electron chi connectivity index (χ4n) is 2.91. The highest BCUT2D eigenvalue weighted by molar-refractivity contribution is 6.02. The van der Waals surface area contributed by atoms with Gasteiger partial charge in [0, 0.05) is 6.92 Å². The Kier molecular flexibility index (Phi) is 4.81. The van der Waals surface area contributed by atoms with Gasteiger partial charge in [-0.05, 0) is 17.3 Å². The quantitative estimate of drug-likeness (QED) is 0.593. The SMILES string of the molecule is CC(=O)OC1CC(=O)N1C(=O)C(C)(CC(C)(C)C)C(C)(C)C. The van der Waals surface area contributed by atoms with E-state index in [0.29, 0.717) is 6.42 Å². The van der Waals surface area contributed by atoms with Crippen LogP contribution >= 0.6 is 0 Å². The normalized spacial score (nSPS) is 21.9. The van der Waals surface area contributed by atoms with Crippen molar-refractivity contribution in [1.29, 1.82) is 0 Å². The molecule has 22 heavy (non-hydrogen) atoms. The standard InChI is InChI=1S/C17H29NO4/c1-11(19)22-13-9-12(20)18(13)14(21)17(8,16(5,6)7)10-15(2,3)4/h13H,9-10H2,1-8H3. The fraction of sp³-hybridized carbons (Fsp3) is 0.824. The number of hydrogen-bond donors (Lipinski definition) is 0. The number of rotatable bonds is 3. The van der Waals surface area contributed by atoms with E-state index < -0.39 is 17.6 Å². The summed E-state index contributed by atoms with van der Waals surface area (Å²) in [7, 11) is 0. The molecule has 0 aliphatic carbocycles. The summed E-state index contributed by atoms with van der Waals surface area (Å²) in [6.45, 7) is 15.4. The first-order valence-corrected chi connectivity index (χ1v) is 7.73. The van der Waals surface area contributed by atoms with Crippen molar-refractivity contribution in [2.24, 2.45) is 16.2 Å². The maximum atomic E-state index is 13.1. The first-order chi connectivity index (χ1) is 9.69. The van der Waals surface area contributed by atoms with Crippen molar-refractivity contribution >= 4 is 17.8 Å². The molecular weight excluding hydrogens is 282 g/mol. The first-order valence-electron chi connectivity index (χ1n) is 7.73. The van der Waals surface area contributed by atoms with E-state index in [4.69, 9.17) is 4.74 Å². The highest BCUT2D eigenvalue weighted by Crippen LogP contribution is 2.49. The molecule has 0 saturated carbocycles. The number of β-lactam (4-membered cyclic amide) rings is 1. The maximum absolute atomic E-state index is 13.1. The highest BCUT2D eigenvalue weighted by atomic mass is 16.6. The maximum Gasteiger partial charge on any atom is 0.304 e. The zero-order valence-corrected chi connectivity index (χ0v) is 15.1. The lowest BCUT2D eigenvalue weighted by molar-refractivity contribution is -0.194. The molecule has 5 heteroatoms. The lowest BCUT2D eigenvalue weighted by atomic mass is 9.60. The van der Waals surface area contributed by atoms with E-state index in [9.17, 15) is 14.4 Å². The number of likely N-dealkylation sites (tertiary alicyclic amines) is 1. The predicted octanol–water partition coefficient (Wildman–Crippen LogP) is 3.12. The molecule has 0 bridgehead atoms. The van der Waals surface area contributed by atoms with Crippen molar-refractivity contribution in [2.45, 2.75) is 74.5 Å². The van der Waals surface area contributed by atoms with Crippen LogP contribution in [-0.2, 0) is 19.1 Å². The number of ether oxygens (including phenoxy) is 1. The number of imide groups is 1. The van der Waals surface area contributed by atoms with Crippen LogP contribution in [-0.4, -0.2) is 28.9 Å². The lowest BCUT2D eigenvalue weighted by Gasteiger charge is -2.49. The molecule has 0 spiro atoms. The van der Waals surface area contributed by atoms with Crippen LogP contribution in [0.4, 0.5) is 0 Å². The molecule has 1 aliphatic heterocycles. The molecule has 1 rings (SSSR count). The minimum absolute atomic E-state index is 0.0669. The first kappa shape index (κ1) is 18.7. The van der Waals surface area contributed by atoms with E-state index in [1.807, 2.05) is 27.7 Å². The van der Waals surface area contributed by atoms with Crippen LogP contribution < -0.4 is 0 Å². The van der Waals surface area contributed by atoms with Crippen molar-refractivity contribution in [3.8, 4) is 0 Å². The third kappa shape index (κ3) is 3.68. The number of nitrogens with zero attached hydrogens (tertiary/aromatic N) is 1. The van der Waals surface area contributed by atoms with E-state index in [1.165, 1.54) is 6.92 Å². The van der Waals surface area contributed by atoms with Crippen LogP contribution in [0.2, 0.25) is 0 Å². The number of amides is 2. The minimum Gasteiger partial charge on any atom is -0.441 e. The molecule has 2 unspecified atom stereocenters. The summed E-state index contributed by atoms with van der Waals surface area (Å²) >= 11 is 0. The van der Waals surface area contributed by atoms with Gasteiger partial charge in [-0.3, -0.25) is 14.4 Å². The molecule has 0 aromatic heterocycles. The van der Waals surface area contributed by atoms with E-state index in [1.54, 1.807) is 0 Å². The second-order valence-electron chi connectivity index (χ2n) is 8.66. The van der Waals surface area contributed by atoms with E-state index >= 15 is 0 Å². The molecule has 1 heterocycles. The Morgan fingerprint density at radius 3 is 1.95 bits per heavy atom. The van der Waals surface area contributed by atoms with Gasteiger partial charge in [0.15, 0.2) is 6.23 Å². The molecule has 0 aromatic carbocycles. The van der Waals surface area contributed by atoms with Gasteiger partial charge in [0.2, 0.25) is 11.8 Å². The predicted molar refractivity (Wildman–Crippen MR) is 83.7 cm³/mol. The number of carbonyl (C=O) groups is 3. The second-order valence-corrected chi connectivity index (χ2v) is 8.66. The number of esters is 1. The summed E-state index contributed by atoms with van der Waals surface area (Å²) < 4.78 is 5.07. The Bertz CT molecular complexity index is 484. The van der Waals surface area contributed by atoms with Crippen molar-refractivity contribution < 1.29 is 19.1 Å². The Balaban J connectivity index is 3.12. The average molecular weight is 311 g/mol. The third-order valence-corrected chi connectivity index (χ3v) is 4.44. The van der Waals surface area contributed by atoms with Gasteiger partial charge in [-0.2, -0.15) is 0 Å². The second kappa shape index (κ2) is 5.67. The lowest BCUT2D eigenvalue weighted by Crippen LogP contribution is -2.63. The van der Waals surface area contributed by atoms with Crippen LogP contribution in [0.3, 0.4) is 0 Å². The molecule has 0 N–H and O–H groups in total. The van der Waals surface area contributed by atoms with E-state index in [2.05, 4.69) is 20.8 Å². The molecule has 2 amide bonds. The van der Waals surface area contributed by atoms with Crippen molar-refractivity contribution in [2.75, 3.05) is 0 Å². The Hall–Kier alpha value is -1.39. The van der Waals surface area contributed by atoms with Gasteiger partial charge in [0.1, 0.15) is 0 Å². The largest absolute Gasteiger partial charge is 0.441 e. The summed E-state index contributed by atoms with van der Waals surface area (Å²) in [5, 5.41) is 0. The molecule has 1 aliphatic rings. The molecule has 126 valence electrons. The minimum atomic E-state index is -0.751. The van der Waals surface area contributed by atoms with Gasteiger partial charge >= 0.3 is 5.97 Å². The third-order valence-electron chi connectivity index (χ3n) is 4.44. The van der Waals surface area contributed by atoms with Crippen LogP contribution in [0.15, 0.2) is 0 Å². The summed E-state index contributed by atoms with van der Waals surface area (Å²) in [6.07, 6.45) is -0.0286. The summed E-state index contributed by atoms with van der Waals surface area (Å²) in [5.74, 6) is -1.01. The van der Waals surface area contributed by atoms with Crippen molar-refractivity contribution in [3.63, 3.8) is 0 Å². The zero-order valence-electron chi connectivity index (χ0n) is 15.1. The van der Waals surface area contributed by atoms with Gasteiger partial charge in [-0.15, -0.1) is 0 Å². The molecule has 5 nitrogen and oxygen atoms in total.